The van der Waals surface area contributed by atoms with E-state index in [1.165, 1.54) is 18.3 Å². The van der Waals surface area contributed by atoms with Crippen molar-refractivity contribution in [2.45, 2.75) is 6.54 Å². The second kappa shape index (κ2) is 4.02. The molecule has 0 atom stereocenters. The molecular formula is C14H10FN5O. The smallest absolute Gasteiger partial charge is 0.285 e. The molecule has 1 aromatic carbocycles. The second-order valence-corrected chi connectivity index (χ2v) is 4.78. The minimum absolute atomic E-state index is 0.142. The molecule has 1 aliphatic rings. The van der Waals surface area contributed by atoms with Crippen LogP contribution in [0, 0.1) is 5.82 Å². The highest BCUT2D eigenvalue weighted by Gasteiger charge is 2.20. The third-order valence-corrected chi connectivity index (χ3v) is 3.54. The van der Waals surface area contributed by atoms with Crippen LogP contribution in [0.25, 0.3) is 16.7 Å². The van der Waals surface area contributed by atoms with Gasteiger partial charge in [0, 0.05) is 12.1 Å². The molecule has 0 spiro atoms. The van der Waals surface area contributed by atoms with E-state index < -0.39 is 5.56 Å². The summed E-state index contributed by atoms with van der Waals surface area (Å²) in [5.41, 5.74) is 7.36. The molecular weight excluding hydrogens is 273 g/mol. The second-order valence-electron chi connectivity index (χ2n) is 4.78. The first-order chi connectivity index (χ1) is 10.1. The molecule has 3 aromatic rings. The van der Waals surface area contributed by atoms with E-state index >= 15 is 0 Å². The van der Waals surface area contributed by atoms with Gasteiger partial charge < -0.3 is 5.73 Å². The van der Waals surface area contributed by atoms with Crippen molar-refractivity contribution >= 4 is 22.7 Å². The minimum atomic E-state index is -0.412. The molecule has 0 amide bonds. The summed E-state index contributed by atoms with van der Waals surface area (Å²) in [5, 5.41) is 4.62. The zero-order valence-electron chi connectivity index (χ0n) is 10.8. The van der Waals surface area contributed by atoms with E-state index in [9.17, 15) is 9.18 Å². The maximum absolute atomic E-state index is 13.4. The van der Waals surface area contributed by atoms with Crippen LogP contribution in [0.15, 0.2) is 41.3 Å². The Morgan fingerprint density at radius 2 is 2.19 bits per heavy atom. The molecule has 0 fully saturated rings. The summed E-state index contributed by atoms with van der Waals surface area (Å²) in [6.07, 6.45) is 3.33. The van der Waals surface area contributed by atoms with Crippen LogP contribution in [0.3, 0.4) is 0 Å². The lowest BCUT2D eigenvalue weighted by atomic mass is 10.1. The molecule has 1 aliphatic heterocycles. The zero-order valence-corrected chi connectivity index (χ0v) is 10.8. The van der Waals surface area contributed by atoms with Crippen molar-refractivity contribution in [1.29, 1.82) is 0 Å². The molecule has 2 aromatic heterocycles. The predicted octanol–water partition coefficient (Wildman–Crippen LogP) is 1.22. The molecule has 104 valence electrons. The summed E-state index contributed by atoms with van der Waals surface area (Å²) in [7, 11) is 0. The number of aromatic nitrogens is 4. The molecule has 6 nitrogen and oxygen atoms in total. The van der Waals surface area contributed by atoms with Crippen LogP contribution in [0.2, 0.25) is 0 Å². The zero-order chi connectivity index (χ0) is 14.6. The summed E-state index contributed by atoms with van der Waals surface area (Å²) < 4.78 is 16.7. The molecule has 2 N–H and O–H groups in total. The van der Waals surface area contributed by atoms with Gasteiger partial charge in [-0.1, -0.05) is 12.1 Å². The van der Waals surface area contributed by atoms with Crippen molar-refractivity contribution in [3.05, 3.63) is 58.3 Å². The maximum atomic E-state index is 13.4. The van der Waals surface area contributed by atoms with Gasteiger partial charge in [-0.3, -0.25) is 9.36 Å². The van der Waals surface area contributed by atoms with Gasteiger partial charge in [0.1, 0.15) is 11.2 Å². The standard InChI is InChI=1S/C14H10FN5O/c15-9-3-1-2-8(6-9)11-4-5-19-13-10(7-17-20(11)13)12(21)18-14(19)16/h1-4,6-7H,5H2,(H2,16,18,21). The van der Waals surface area contributed by atoms with Gasteiger partial charge in [0.15, 0.2) is 5.65 Å². The molecule has 7 heteroatoms. The SMILES string of the molecule is Nc1nc(=O)c2cnn3c2n1CC=C3c1cccc(F)c1. The van der Waals surface area contributed by atoms with Crippen LogP contribution >= 0.6 is 0 Å². The van der Waals surface area contributed by atoms with Crippen LogP contribution in [0.1, 0.15) is 5.56 Å². The lowest BCUT2D eigenvalue weighted by Crippen LogP contribution is -2.21. The number of rotatable bonds is 1. The van der Waals surface area contributed by atoms with E-state index in [1.54, 1.807) is 21.4 Å². The molecule has 0 saturated carbocycles. The normalized spacial score (nSPS) is 13.5. The number of benzene rings is 1. The summed E-state index contributed by atoms with van der Waals surface area (Å²) >= 11 is 0. The molecule has 4 rings (SSSR count). The summed E-state index contributed by atoms with van der Waals surface area (Å²) in [6, 6.07) is 6.24. The Morgan fingerprint density at radius 1 is 1.33 bits per heavy atom. The first-order valence-electron chi connectivity index (χ1n) is 6.35. The highest BCUT2D eigenvalue weighted by atomic mass is 19.1. The predicted molar refractivity (Wildman–Crippen MR) is 76.0 cm³/mol. The Balaban J connectivity index is 2.02. The van der Waals surface area contributed by atoms with Crippen LogP contribution in [-0.4, -0.2) is 19.3 Å². The van der Waals surface area contributed by atoms with E-state index in [0.29, 0.717) is 23.1 Å². The van der Waals surface area contributed by atoms with Crippen molar-refractivity contribution in [1.82, 2.24) is 19.3 Å². The number of hydrogen-bond acceptors (Lipinski definition) is 4. The molecule has 21 heavy (non-hydrogen) atoms. The highest BCUT2D eigenvalue weighted by molar-refractivity contribution is 5.83. The third-order valence-electron chi connectivity index (χ3n) is 3.54. The maximum Gasteiger partial charge on any atom is 0.285 e. The fourth-order valence-corrected chi connectivity index (χ4v) is 2.59. The van der Waals surface area contributed by atoms with Gasteiger partial charge in [-0.25, -0.2) is 9.07 Å². The van der Waals surface area contributed by atoms with Crippen LogP contribution in [-0.2, 0) is 6.54 Å². The Kier molecular flexibility index (Phi) is 2.26. The average Bonchev–Trinajstić information content (AvgIpc) is 2.90. The monoisotopic (exact) mass is 283 g/mol. The lowest BCUT2D eigenvalue weighted by molar-refractivity contribution is 0.627. The molecule has 0 saturated heterocycles. The quantitative estimate of drug-likeness (QED) is 0.728. The van der Waals surface area contributed by atoms with Crippen molar-refractivity contribution in [2.24, 2.45) is 0 Å². The molecule has 0 aliphatic carbocycles. The van der Waals surface area contributed by atoms with Gasteiger partial charge in [-0.2, -0.15) is 10.1 Å². The number of allylic oxidation sites excluding steroid dienone is 1. The van der Waals surface area contributed by atoms with Gasteiger partial charge in [0.05, 0.1) is 11.9 Å². The van der Waals surface area contributed by atoms with E-state index in [4.69, 9.17) is 5.73 Å². The molecule has 0 radical (unpaired) electrons. The van der Waals surface area contributed by atoms with E-state index in [0.717, 1.165) is 5.70 Å². The number of halogens is 1. The Labute approximate surface area is 117 Å². The van der Waals surface area contributed by atoms with Crippen LogP contribution in [0.4, 0.5) is 10.3 Å². The fourth-order valence-electron chi connectivity index (χ4n) is 2.59. The van der Waals surface area contributed by atoms with Crippen LogP contribution < -0.4 is 11.3 Å². The fraction of sp³-hybridized carbons (Fsp3) is 0.0714. The molecule has 3 heterocycles. The Morgan fingerprint density at radius 3 is 3.00 bits per heavy atom. The number of nitrogens with two attached hydrogens (primary N) is 1. The summed E-state index contributed by atoms with van der Waals surface area (Å²) in [4.78, 5) is 15.6. The van der Waals surface area contributed by atoms with Crippen LogP contribution in [0.5, 0.6) is 0 Å². The lowest BCUT2D eigenvalue weighted by Gasteiger charge is -2.19. The molecule has 0 unspecified atom stereocenters. The third kappa shape index (κ3) is 1.60. The summed E-state index contributed by atoms with van der Waals surface area (Å²) in [6.45, 7) is 0.452. The van der Waals surface area contributed by atoms with Crippen molar-refractivity contribution < 1.29 is 4.39 Å². The van der Waals surface area contributed by atoms with Crippen molar-refractivity contribution in [3.8, 4) is 0 Å². The average molecular weight is 283 g/mol. The van der Waals surface area contributed by atoms with Gasteiger partial charge in [0.25, 0.3) is 5.56 Å². The molecule has 0 bridgehead atoms. The van der Waals surface area contributed by atoms with E-state index in [1.807, 2.05) is 6.08 Å². The summed E-state index contributed by atoms with van der Waals surface area (Å²) in [5.74, 6) is -0.183. The minimum Gasteiger partial charge on any atom is -0.369 e. The Bertz CT molecular complexity index is 969. The van der Waals surface area contributed by atoms with Crippen molar-refractivity contribution in [2.75, 3.05) is 5.73 Å². The van der Waals surface area contributed by atoms with Gasteiger partial charge in [-0.05, 0) is 18.2 Å². The number of anilines is 1. The van der Waals surface area contributed by atoms with E-state index in [2.05, 4.69) is 10.1 Å². The van der Waals surface area contributed by atoms with Gasteiger partial charge in [-0.15, -0.1) is 0 Å². The number of nitrogens with zero attached hydrogens (tertiary/aromatic N) is 4. The number of hydrogen-bond donors (Lipinski definition) is 1. The van der Waals surface area contributed by atoms with Gasteiger partial charge >= 0.3 is 0 Å². The number of nitrogen functional groups attached to an aromatic ring is 1. The van der Waals surface area contributed by atoms with Gasteiger partial charge in [0.2, 0.25) is 5.95 Å². The van der Waals surface area contributed by atoms with Crippen molar-refractivity contribution in [3.63, 3.8) is 0 Å². The highest BCUT2D eigenvalue weighted by Crippen LogP contribution is 2.26. The topological polar surface area (TPSA) is 78.7 Å². The first kappa shape index (κ1) is 11.8. The first-order valence-corrected chi connectivity index (χ1v) is 6.35. The van der Waals surface area contributed by atoms with E-state index in [-0.39, 0.29) is 11.8 Å². The largest absolute Gasteiger partial charge is 0.369 e. The Hall–Kier alpha value is -2.96.